The molecule has 2 aromatic heterocycles. The van der Waals surface area contributed by atoms with E-state index in [2.05, 4.69) is 47.0 Å². The predicted octanol–water partition coefficient (Wildman–Crippen LogP) is 1.91. The predicted molar refractivity (Wildman–Crippen MR) is 87.3 cm³/mol. The van der Waals surface area contributed by atoms with Crippen LogP contribution in [0.1, 0.15) is 23.0 Å². The average molecular weight is 374 g/mol. The van der Waals surface area contributed by atoms with Crippen molar-refractivity contribution in [2.24, 2.45) is 5.10 Å². The first-order valence-electron chi connectivity index (χ1n) is 6.66. The fourth-order valence-electron chi connectivity index (χ4n) is 1.91. The van der Waals surface area contributed by atoms with Crippen LogP contribution in [0.5, 0.6) is 0 Å². The number of tetrazole rings is 1. The van der Waals surface area contributed by atoms with Gasteiger partial charge in [0.2, 0.25) is 0 Å². The number of carbonyl (C=O) groups is 1. The Bertz CT molecular complexity index is 854. The molecule has 2 N–H and O–H groups in total. The highest BCUT2D eigenvalue weighted by Crippen LogP contribution is 2.11. The molecule has 116 valence electrons. The number of hydrogen-bond acceptors (Lipinski definition) is 5. The maximum atomic E-state index is 11.9. The first-order chi connectivity index (χ1) is 11.1. The average Bonchev–Trinajstić information content (AvgIpc) is 3.24. The van der Waals surface area contributed by atoms with Gasteiger partial charge in [0.1, 0.15) is 12.0 Å². The van der Waals surface area contributed by atoms with Crippen LogP contribution in [-0.4, -0.2) is 36.8 Å². The van der Waals surface area contributed by atoms with Crippen LogP contribution in [0.2, 0.25) is 0 Å². The maximum absolute atomic E-state index is 11.9. The summed E-state index contributed by atoms with van der Waals surface area (Å²) in [6, 6.07) is 9.20. The van der Waals surface area contributed by atoms with Gasteiger partial charge in [-0.1, -0.05) is 12.1 Å². The van der Waals surface area contributed by atoms with Gasteiger partial charge in [0.25, 0.3) is 5.91 Å². The molecule has 3 aromatic rings. The van der Waals surface area contributed by atoms with E-state index in [9.17, 15) is 4.79 Å². The minimum Gasteiger partial charge on any atom is -0.356 e. The van der Waals surface area contributed by atoms with Gasteiger partial charge in [-0.15, -0.1) is 5.10 Å². The van der Waals surface area contributed by atoms with Crippen molar-refractivity contribution in [3.05, 3.63) is 58.6 Å². The Morgan fingerprint density at radius 3 is 2.96 bits per heavy atom. The topological polar surface area (TPSA) is 101 Å². The molecule has 3 rings (SSSR count). The molecule has 0 radical (unpaired) electrons. The summed E-state index contributed by atoms with van der Waals surface area (Å²) < 4.78 is 2.35. The monoisotopic (exact) mass is 373 g/mol. The molecule has 0 saturated carbocycles. The van der Waals surface area contributed by atoms with E-state index < -0.39 is 0 Å². The number of hydrogen-bond donors (Lipinski definition) is 2. The summed E-state index contributed by atoms with van der Waals surface area (Å²) in [6.45, 7) is 1.81. The summed E-state index contributed by atoms with van der Waals surface area (Å²) in [5, 5.41) is 15.2. The SMILES string of the molecule is C/C(=N/NC(=O)c1cc(Br)c[nH]1)c1cccc(-n2cnnn2)c1. The molecular formula is C14H12BrN7O. The largest absolute Gasteiger partial charge is 0.356 e. The van der Waals surface area contributed by atoms with Crippen LogP contribution in [-0.2, 0) is 0 Å². The van der Waals surface area contributed by atoms with E-state index in [1.54, 1.807) is 16.9 Å². The number of halogens is 1. The van der Waals surface area contributed by atoms with Gasteiger partial charge in [-0.3, -0.25) is 4.79 Å². The number of nitrogens with zero attached hydrogens (tertiary/aromatic N) is 5. The normalized spacial score (nSPS) is 11.5. The van der Waals surface area contributed by atoms with Crippen LogP contribution >= 0.6 is 15.9 Å². The van der Waals surface area contributed by atoms with Crippen molar-refractivity contribution in [1.82, 2.24) is 30.6 Å². The third kappa shape index (κ3) is 3.51. The number of aromatic amines is 1. The van der Waals surface area contributed by atoms with Gasteiger partial charge in [0, 0.05) is 10.7 Å². The highest BCUT2D eigenvalue weighted by Gasteiger charge is 2.07. The Balaban J connectivity index is 1.76. The Kier molecular flexibility index (Phi) is 4.29. The molecule has 1 amide bonds. The van der Waals surface area contributed by atoms with Crippen LogP contribution in [0.25, 0.3) is 5.69 Å². The Labute approximate surface area is 139 Å². The van der Waals surface area contributed by atoms with Crippen LogP contribution in [0, 0.1) is 0 Å². The molecule has 23 heavy (non-hydrogen) atoms. The minimum absolute atomic E-state index is 0.313. The second kappa shape index (κ2) is 6.53. The molecule has 8 nitrogen and oxygen atoms in total. The quantitative estimate of drug-likeness (QED) is 0.538. The summed E-state index contributed by atoms with van der Waals surface area (Å²) in [7, 11) is 0. The zero-order valence-electron chi connectivity index (χ0n) is 12.1. The molecule has 0 bridgehead atoms. The number of H-pyrrole nitrogens is 1. The third-order valence-electron chi connectivity index (χ3n) is 3.10. The molecule has 0 aliphatic rings. The van der Waals surface area contributed by atoms with Crippen LogP contribution < -0.4 is 5.43 Å². The second-order valence-electron chi connectivity index (χ2n) is 4.67. The van der Waals surface area contributed by atoms with Crippen molar-refractivity contribution in [2.45, 2.75) is 6.92 Å². The fourth-order valence-corrected chi connectivity index (χ4v) is 2.25. The summed E-state index contributed by atoms with van der Waals surface area (Å²) in [4.78, 5) is 14.8. The Hall–Kier alpha value is -2.81. The van der Waals surface area contributed by atoms with Crippen molar-refractivity contribution >= 4 is 27.5 Å². The summed E-state index contributed by atoms with van der Waals surface area (Å²) >= 11 is 3.28. The Morgan fingerprint density at radius 2 is 2.26 bits per heavy atom. The van der Waals surface area contributed by atoms with Gasteiger partial charge in [0.15, 0.2) is 0 Å². The molecule has 0 aliphatic heterocycles. The van der Waals surface area contributed by atoms with Gasteiger partial charge >= 0.3 is 0 Å². The van der Waals surface area contributed by atoms with E-state index >= 15 is 0 Å². The molecule has 1 aromatic carbocycles. The Morgan fingerprint density at radius 1 is 1.39 bits per heavy atom. The first-order valence-corrected chi connectivity index (χ1v) is 7.45. The van der Waals surface area contributed by atoms with Crippen LogP contribution in [0.15, 0.2) is 52.4 Å². The first kappa shape index (κ1) is 15.1. The van der Waals surface area contributed by atoms with E-state index in [1.165, 1.54) is 6.33 Å². The standard InChI is InChI=1S/C14H12BrN7O/c1-9(18-19-14(23)13-6-11(15)7-16-13)10-3-2-4-12(5-10)22-8-17-20-21-22/h2-8,16H,1H3,(H,19,23)/b18-9-. The van der Waals surface area contributed by atoms with Gasteiger partial charge in [-0.05, 0) is 57.0 Å². The number of benzene rings is 1. The zero-order valence-corrected chi connectivity index (χ0v) is 13.6. The van der Waals surface area contributed by atoms with Crippen LogP contribution in [0.3, 0.4) is 0 Å². The fraction of sp³-hybridized carbons (Fsp3) is 0.0714. The maximum Gasteiger partial charge on any atom is 0.287 e. The number of carbonyl (C=O) groups excluding carboxylic acids is 1. The van der Waals surface area contributed by atoms with Crippen molar-refractivity contribution in [1.29, 1.82) is 0 Å². The lowest BCUT2D eigenvalue weighted by Crippen LogP contribution is -2.19. The lowest BCUT2D eigenvalue weighted by molar-refractivity contribution is 0.0950. The van der Waals surface area contributed by atoms with Crippen LogP contribution in [0.4, 0.5) is 0 Å². The van der Waals surface area contributed by atoms with Crippen molar-refractivity contribution in [2.75, 3.05) is 0 Å². The van der Waals surface area contributed by atoms with E-state index in [0.717, 1.165) is 15.7 Å². The number of rotatable bonds is 4. The smallest absolute Gasteiger partial charge is 0.287 e. The molecule has 0 saturated heterocycles. The minimum atomic E-state index is -0.313. The lowest BCUT2D eigenvalue weighted by Gasteiger charge is -2.05. The summed E-state index contributed by atoms with van der Waals surface area (Å²) in [5.41, 5.74) is 5.27. The van der Waals surface area contributed by atoms with Crippen molar-refractivity contribution < 1.29 is 4.79 Å². The highest BCUT2D eigenvalue weighted by atomic mass is 79.9. The summed E-state index contributed by atoms with van der Waals surface area (Å²) in [5.74, 6) is -0.313. The molecule has 0 spiro atoms. The number of aromatic nitrogens is 5. The molecule has 0 fully saturated rings. The lowest BCUT2D eigenvalue weighted by atomic mass is 10.1. The van der Waals surface area contributed by atoms with E-state index in [-0.39, 0.29) is 5.91 Å². The zero-order chi connectivity index (χ0) is 16.2. The molecule has 0 aliphatic carbocycles. The van der Waals surface area contributed by atoms with Gasteiger partial charge in [0.05, 0.1) is 11.4 Å². The second-order valence-corrected chi connectivity index (χ2v) is 5.59. The van der Waals surface area contributed by atoms with E-state index in [0.29, 0.717) is 11.4 Å². The van der Waals surface area contributed by atoms with Gasteiger partial charge < -0.3 is 4.98 Å². The molecule has 9 heteroatoms. The number of hydrazone groups is 1. The van der Waals surface area contributed by atoms with E-state index in [4.69, 9.17) is 0 Å². The molecule has 2 heterocycles. The summed E-state index contributed by atoms with van der Waals surface area (Å²) in [6.07, 6.45) is 3.19. The van der Waals surface area contributed by atoms with Gasteiger partial charge in [-0.25, -0.2) is 10.1 Å². The third-order valence-corrected chi connectivity index (χ3v) is 3.55. The number of amides is 1. The van der Waals surface area contributed by atoms with Gasteiger partial charge in [-0.2, -0.15) is 5.10 Å². The van der Waals surface area contributed by atoms with Crippen molar-refractivity contribution in [3.63, 3.8) is 0 Å². The number of nitrogens with one attached hydrogen (secondary N) is 2. The molecular weight excluding hydrogens is 362 g/mol. The molecule has 0 unspecified atom stereocenters. The van der Waals surface area contributed by atoms with E-state index in [1.807, 2.05) is 31.2 Å². The van der Waals surface area contributed by atoms with Crippen molar-refractivity contribution in [3.8, 4) is 5.69 Å². The molecule has 0 atom stereocenters. The highest BCUT2D eigenvalue weighted by molar-refractivity contribution is 9.10.